The van der Waals surface area contributed by atoms with E-state index in [4.69, 9.17) is 12.6 Å². The molecule has 1 rings (SSSR count). The fourth-order valence-corrected chi connectivity index (χ4v) is 1.03. The largest absolute Gasteiger partial charge is 0.418 e. The van der Waals surface area contributed by atoms with Crippen LogP contribution in [-0.2, 0) is 6.18 Å². The summed E-state index contributed by atoms with van der Waals surface area (Å²) in [6.07, 6.45) is -4.99. The van der Waals surface area contributed by atoms with Crippen LogP contribution in [0.25, 0.3) is 0 Å². The monoisotopic (exact) mass is 258 g/mol. The van der Waals surface area contributed by atoms with E-state index >= 15 is 0 Å². The second kappa shape index (κ2) is 3.21. The lowest BCUT2D eigenvalue weighted by Crippen LogP contribution is -2.09. The molecule has 13 heavy (non-hydrogen) atoms. The van der Waals surface area contributed by atoms with Gasteiger partial charge in [0.05, 0.1) is 8.30 Å². The molecular weight excluding hydrogens is 247 g/mol. The van der Waals surface area contributed by atoms with Gasteiger partial charge in [-0.2, -0.15) is 13.2 Å². The summed E-state index contributed by atoms with van der Waals surface area (Å²) in [4.78, 5) is 0. The van der Waals surface area contributed by atoms with Gasteiger partial charge >= 0.3 is 6.18 Å². The molecule has 1 aromatic rings. The molecule has 0 aliphatic carbocycles. The topological polar surface area (TPSA) is 26.0 Å². The number of rotatable bonds is 0. The van der Waals surface area contributed by atoms with Crippen LogP contribution in [0.5, 0.6) is 0 Å². The van der Waals surface area contributed by atoms with Crippen LogP contribution in [0.3, 0.4) is 0 Å². The van der Waals surface area contributed by atoms with Crippen LogP contribution in [0, 0.1) is 6.85 Å². The van der Waals surface area contributed by atoms with Gasteiger partial charge in [-0.1, -0.05) is 15.9 Å². The normalized spacial score (nSPS) is 18.3. The average Bonchev–Trinajstić information content (AvgIpc) is 2.09. The maximum atomic E-state index is 12.7. The zero-order valence-corrected chi connectivity index (χ0v) is 7.68. The van der Waals surface area contributed by atoms with Crippen molar-refractivity contribution in [1.82, 2.24) is 0 Å². The maximum absolute atomic E-state index is 12.7. The molecule has 0 saturated heterocycles. The SMILES string of the molecule is [2H]c1c(N)c(C(F)(F)F)c([2H])c(C([2H])([2H])[2H])c1Br. The van der Waals surface area contributed by atoms with Crippen molar-refractivity contribution < 1.29 is 20.0 Å². The van der Waals surface area contributed by atoms with E-state index in [9.17, 15) is 13.2 Å². The Balaban J connectivity index is 3.83. The van der Waals surface area contributed by atoms with Crippen molar-refractivity contribution in [1.29, 1.82) is 0 Å². The summed E-state index contributed by atoms with van der Waals surface area (Å²) in [7, 11) is 0. The molecular formula is C8H7BrF3N. The minimum atomic E-state index is -4.99. The molecule has 0 radical (unpaired) electrons. The second-order valence-corrected chi connectivity index (χ2v) is 3.02. The van der Waals surface area contributed by atoms with Crippen LogP contribution in [0.15, 0.2) is 16.6 Å². The molecule has 0 atom stereocenters. The Kier molecular flexibility index (Phi) is 1.29. The van der Waals surface area contributed by atoms with Crippen LogP contribution >= 0.6 is 15.9 Å². The van der Waals surface area contributed by atoms with E-state index in [0.29, 0.717) is 0 Å². The Bertz CT molecular complexity index is 456. The van der Waals surface area contributed by atoms with E-state index in [1.54, 1.807) is 0 Å². The lowest BCUT2D eigenvalue weighted by Gasteiger charge is -2.11. The Morgan fingerprint density at radius 2 is 2.15 bits per heavy atom. The molecule has 0 amide bonds. The summed E-state index contributed by atoms with van der Waals surface area (Å²) in [5.74, 6) is 0. The lowest BCUT2D eigenvalue weighted by molar-refractivity contribution is -0.136. The first-order valence-corrected chi connectivity index (χ1v) is 3.84. The van der Waals surface area contributed by atoms with Gasteiger partial charge in [-0.15, -0.1) is 0 Å². The van der Waals surface area contributed by atoms with Crippen LogP contribution in [0.2, 0.25) is 0 Å². The summed E-state index contributed by atoms with van der Waals surface area (Å²) in [5.41, 5.74) is 1.71. The number of nitrogen functional groups attached to an aromatic ring is 1. The Labute approximate surface area is 88.9 Å². The van der Waals surface area contributed by atoms with Gasteiger partial charge in [-0.25, -0.2) is 0 Å². The zero-order chi connectivity index (χ0) is 14.5. The number of nitrogens with two attached hydrogens (primary N) is 1. The molecule has 0 fully saturated rings. The van der Waals surface area contributed by atoms with Gasteiger partial charge < -0.3 is 5.73 Å². The van der Waals surface area contributed by atoms with Crippen molar-refractivity contribution in [2.45, 2.75) is 13.0 Å². The summed E-state index contributed by atoms with van der Waals surface area (Å²) < 4.78 is 73.8. The molecule has 0 bridgehead atoms. The smallest absolute Gasteiger partial charge is 0.398 e. The fraction of sp³-hybridized carbons (Fsp3) is 0.250. The van der Waals surface area contributed by atoms with Crippen molar-refractivity contribution in [2.75, 3.05) is 5.73 Å². The van der Waals surface area contributed by atoms with Crippen molar-refractivity contribution >= 4 is 21.6 Å². The van der Waals surface area contributed by atoms with Gasteiger partial charge in [-0.05, 0) is 24.5 Å². The van der Waals surface area contributed by atoms with Crippen molar-refractivity contribution in [2.24, 2.45) is 0 Å². The molecule has 0 saturated carbocycles. The predicted molar refractivity (Wildman–Crippen MR) is 48.3 cm³/mol. The van der Waals surface area contributed by atoms with Gasteiger partial charge in [0.2, 0.25) is 0 Å². The van der Waals surface area contributed by atoms with Crippen molar-refractivity contribution in [3.63, 3.8) is 0 Å². The van der Waals surface area contributed by atoms with Gasteiger partial charge in [0.1, 0.15) is 0 Å². The Morgan fingerprint density at radius 3 is 2.62 bits per heavy atom. The molecule has 0 aliphatic heterocycles. The summed E-state index contributed by atoms with van der Waals surface area (Å²) in [6, 6.07) is -2.02. The molecule has 0 spiro atoms. The minimum absolute atomic E-state index is 0.419. The molecule has 1 aromatic carbocycles. The number of benzene rings is 1. The van der Waals surface area contributed by atoms with E-state index in [-0.39, 0.29) is 0 Å². The molecule has 72 valence electrons. The van der Waals surface area contributed by atoms with Crippen molar-refractivity contribution in [3.8, 4) is 0 Å². The summed E-state index contributed by atoms with van der Waals surface area (Å²) in [5, 5.41) is 0. The second-order valence-electron chi connectivity index (χ2n) is 2.23. The van der Waals surface area contributed by atoms with Gasteiger partial charge in [-0.3, -0.25) is 0 Å². The minimum Gasteiger partial charge on any atom is -0.398 e. The number of halogens is 4. The lowest BCUT2D eigenvalue weighted by atomic mass is 10.1. The third-order valence-corrected chi connectivity index (χ3v) is 1.86. The highest BCUT2D eigenvalue weighted by atomic mass is 79.9. The van der Waals surface area contributed by atoms with Crippen molar-refractivity contribution in [3.05, 3.63) is 27.7 Å². The molecule has 1 nitrogen and oxygen atoms in total. The number of hydrogen-bond acceptors (Lipinski definition) is 1. The van der Waals surface area contributed by atoms with E-state index in [2.05, 4.69) is 15.9 Å². The zero-order valence-electron chi connectivity index (χ0n) is 11.1. The van der Waals surface area contributed by atoms with Crippen LogP contribution < -0.4 is 5.73 Å². The third-order valence-electron chi connectivity index (χ3n) is 1.27. The molecule has 0 heterocycles. The number of hydrogen-bond donors (Lipinski definition) is 1. The van der Waals surface area contributed by atoms with Gasteiger partial charge in [0.15, 0.2) is 0 Å². The first-order valence-electron chi connectivity index (χ1n) is 5.54. The number of anilines is 1. The van der Waals surface area contributed by atoms with Gasteiger partial charge in [0, 0.05) is 14.3 Å². The highest BCUT2D eigenvalue weighted by molar-refractivity contribution is 9.10. The Morgan fingerprint density at radius 1 is 1.54 bits per heavy atom. The van der Waals surface area contributed by atoms with E-state index in [0.717, 1.165) is 0 Å². The van der Waals surface area contributed by atoms with E-state index < -0.39 is 46.4 Å². The molecule has 0 aromatic heterocycles. The predicted octanol–water partition coefficient (Wildman–Crippen LogP) is 3.36. The van der Waals surface area contributed by atoms with Crippen LogP contribution in [0.1, 0.15) is 18.0 Å². The summed E-state index contributed by atoms with van der Waals surface area (Å²) >= 11 is 2.70. The first-order chi connectivity index (χ1) is 7.89. The standard InChI is InChI=1S/C8H7BrF3N/c1-4-2-5(8(10,11)12)7(13)3-6(4)9/h2-3H,13H2,1H3/i1D3,2D,3D. The molecule has 0 unspecified atom stereocenters. The molecule has 5 heteroatoms. The summed E-state index contributed by atoms with van der Waals surface area (Å²) in [6.45, 7) is -2.95. The quantitative estimate of drug-likeness (QED) is 0.710. The molecule has 2 N–H and O–H groups in total. The average molecular weight is 259 g/mol. The highest BCUT2D eigenvalue weighted by Crippen LogP contribution is 2.36. The fourth-order valence-electron chi connectivity index (χ4n) is 0.714. The molecule has 0 aliphatic rings. The number of alkyl halides is 3. The highest BCUT2D eigenvalue weighted by Gasteiger charge is 2.33. The van der Waals surface area contributed by atoms with E-state index in [1.807, 2.05) is 0 Å². The third kappa shape index (κ3) is 2.15. The van der Waals surface area contributed by atoms with Gasteiger partial charge in [0.25, 0.3) is 0 Å². The first kappa shape index (κ1) is 5.24. The van der Waals surface area contributed by atoms with E-state index in [1.165, 1.54) is 0 Å². The maximum Gasteiger partial charge on any atom is 0.418 e. The van der Waals surface area contributed by atoms with Crippen LogP contribution in [-0.4, -0.2) is 0 Å². The Hall–Kier alpha value is -0.710. The van der Waals surface area contributed by atoms with Crippen LogP contribution in [0.4, 0.5) is 18.9 Å².